The highest BCUT2D eigenvalue weighted by molar-refractivity contribution is 5.89. The van der Waals surface area contributed by atoms with E-state index < -0.39 is 5.79 Å². The smallest absolute Gasteiger partial charge is 0.221 e. The largest absolute Gasteiger partial charge is 0.375 e. The zero-order valence-electron chi connectivity index (χ0n) is 11.8. The van der Waals surface area contributed by atoms with E-state index in [2.05, 4.69) is 10.6 Å². The van der Waals surface area contributed by atoms with Gasteiger partial charge in [0.1, 0.15) is 5.82 Å². The predicted octanol–water partition coefficient (Wildman–Crippen LogP) is 2.35. The van der Waals surface area contributed by atoms with E-state index in [1.807, 2.05) is 13.8 Å². The average molecular weight is 282 g/mol. The molecular weight excluding hydrogens is 263 g/mol. The van der Waals surface area contributed by atoms with Crippen LogP contribution in [-0.4, -0.2) is 30.9 Å². The molecule has 2 N–H and O–H groups in total. The first-order valence-electron chi connectivity index (χ1n) is 6.47. The Hall–Kier alpha value is -1.66. The van der Waals surface area contributed by atoms with Crippen molar-refractivity contribution >= 4 is 17.3 Å². The van der Waals surface area contributed by atoms with Crippen LogP contribution in [0.4, 0.5) is 15.8 Å². The summed E-state index contributed by atoms with van der Waals surface area (Å²) in [4.78, 5) is 11.0. The third-order valence-corrected chi connectivity index (χ3v) is 2.91. The lowest BCUT2D eigenvalue weighted by atomic mass is 10.2. The van der Waals surface area contributed by atoms with Crippen LogP contribution in [-0.2, 0) is 14.3 Å². The molecule has 20 heavy (non-hydrogen) atoms. The van der Waals surface area contributed by atoms with Crippen LogP contribution < -0.4 is 10.6 Å². The van der Waals surface area contributed by atoms with Gasteiger partial charge >= 0.3 is 0 Å². The van der Waals surface area contributed by atoms with Gasteiger partial charge in [-0.2, -0.15) is 0 Å². The number of amides is 1. The molecule has 1 saturated heterocycles. The molecule has 0 atom stereocenters. The van der Waals surface area contributed by atoms with Crippen LogP contribution in [0.1, 0.15) is 20.8 Å². The number of hydrogen-bond acceptors (Lipinski definition) is 4. The second-order valence-corrected chi connectivity index (χ2v) is 5.24. The number of benzene rings is 1. The summed E-state index contributed by atoms with van der Waals surface area (Å²) >= 11 is 0. The van der Waals surface area contributed by atoms with Crippen LogP contribution in [0.3, 0.4) is 0 Å². The van der Waals surface area contributed by atoms with E-state index in [4.69, 9.17) is 9.47 Å². The second kappa shape index (κ2) is 5.76. The Balaban J connectivity index is 2.03. The standard InChI is InChI=1S/C14H19FN2O3/c1-9(18)16-10-4-5-12(15)13(6-10)17-11-7-19-14(2,3)20-8-11/h4-6,11,17H,7-8H2,1-3H3,(H,16,18). The predicted molar refractivity (Wildman–Crippen MR) is 74.1 cm³/mol. The minimum Gasteiger partial charge on any atom is -0.375 e. The summed E-state index contributed by atoms with van der Waals surface area (Å²) in [6.45, 7) is 5.93. The monoisotopic (exact) mass is 282 g/mol. The molecule has 0 bridgehead atoms. The number of rotatable bonds is 3. The van der Waals surface area contributed by atoms with E-state index in [0.29, 0.717) is 24.6 Å². The molecule has 1 heterocycles. The fourth-order valence-corrected chi connectivity index (χ4v) is 1.91. The van der Waals surface area contributed by atoms with E-state index in [9.17, 15) is 9.18 Å². The van der Waals surface area contributed by atoms with Crippen molar-refractivity contribution in [1.82, 2.24) is 0 Å². The first kappa shape index (κ1) is 14.7. The molecule has 0 radical (unpaired) electrons. The van der Waals surface area contributed by atoms with Crippen LogP contribution in [0.15, 0.2) is 18.2 Å². The van der Waals surface area contributed by atoms with Gasteiger partial charge in [0.15, 0.2) is 5.79 Å². The fourth-order valence-electron chi connectivity index (χ4n) is 1.91. The molecule has 0 aliphatic carbocycles. The first-order valence-corrected chi connectivity index (χ1v) is 6.47. The SMILES string of the molecule is CC(=O)Nc1ccc(F)c(NC2COC(C)(C)OC2)c1. The molecule has 6 heteroatoms. The van der Waals surface area contributed by atoms with Gasteiger partial charge in [0.25, 0.3) is 0 Å². The van der Waals surface area contributed by atoms with Crippen molar-refractivity contribution in [2.75, 3.05) is 23.8 Å². The molecule has 0 saturated carbocycles. The van der Waals surface area contributed by atoms with Gasteiger partial charge in [-0.15, -0.1) is 0 Å². The van der Waals surface area contributed by atoms with Crippen molar-refractivity contribution in [1.29, 1.82) is 0 Å². The minimum atomic E-state index is -0.602. The number of carbonyl (C=O) groups is 1. The van der Waals surface area contributed by atoms with Gasteiger partial charge < -0.3 is 20.1 Å². The molecule has 0 spiro atoms. The van der Waals surface area contributed by atoms with E-state index in [1.54, 1.807) is 6.07 Å². The highest BCUT2D eigenvalue weighted by Gasteiger charge is 2.28. The maximum atomic E-state index is 13.8. The van der Waals surface area contributed by atoms with Gasteiger partial charge in [-0.05, 0) is 32.0 Å². The molecule has 0 aromatic heterocycles. The van der Waals surface area contributed by atoms with Crippen LogP contribution in [0.5, 0.6) is 0 Å². The number of ether oxygens (including phenoxy) is 2. The van der Waals surface area contributed by atoms with Crippen molar-refractivity contribution in [2.24, 2.45) is 0 Å². The third-order valence-electron chi connectivity index (χ3n) is 2.91. The number of hydrogen-bond donors (Lipinski definition) is 2. The Morgan fingerprint density at radius 3 is 2.60 bits per heavy atom. The maximum Gasteiger partial charge on any atom is 0.221 e. The highest BCUT2D eigenvalue weighted by Crippen LogP contribution is 2.23. The molecule has 1 aromatic rings. The first-order chi connectivity index (χ1) is 9.35. The van der Waals surface area contributed by atoms with Gasteiger partial charge in [0.2, 0.25) is 5.91 Å². The number of carbonyl (C=O) groups excluding carboxylic acids is 1. The summed E-state index contributed by atoms with van der Waals surface area (Å²) in [5, 5.41) is 5.64. The van der Waals surface area contributed by atoms with Crippen molar-refractivity contribution in [3.8, 4) is 0 Å². The Morgan fingerprint density at radius 1 is 1.35 bits per heavy atom. The Morgan fingerprint density at radius 2 is 2.00 bits per heavy atom. The number of halogens is 1. The van der Waals surface area contributed by atoms with Gasteiger partial charge in [0.05, 0.1) is 24.9 Å². The van der Waals surface area contributed by atoms with Gasteiger partial charge in [-0.25, -0.2) is 4.39 Å². The van der Waals surface area contributed by atoms with E-state index in [0.717, 1.165) is 0 Å². The molecular formula is C14H19FN2O3. The van der Waals surface area contributed by atoms with Crippen molar-refractivity contribution < 1.29 is 18.7 Å². The lowest BCUT2D eigenvalue weighted by Gasteiger charge is -2.35. The highest BCUT2D eigenvalue weighted by atomic mass is 19.1. The Bertz CT molecular complexity index is 495. The third kappa shape index (κ3) is 3.91. The normalized spacial score (nSPS) is 18.6. The van der Waals surface area contributed by atoms with E-state index in [-0.39, 0.29) is 17.8 Å². The number of nitrogens with one attached hydrogen (secondary N) is 2. The summed E-state index contributed by atoms with van der Waals surface area (Å²) in [5.74, 6) is -1.19. The summed E-state index contributed by atoms with van der Waals surface area (Å²) in [7, 11) is 0. The van der Waals surface area contributed by atoms with Gasteiger partial charge in [-0.3, -0.25) is 4.79 Å². The minimum absolute atomic E-state index is 0.134. The Labute approximate surface area is 117 Å². The zero-order chi connectivity index (χ0) is 14.8. The quantitative estimate of drug-likeness (QED) is 0.893. The molecule has 5 nitrogen and oxygen atoms in total. The second-order valence-electron chi connectivity index (χ2n) is 5.24. The zero-order valence-corrected chi connectivity index (χ0v) is 11.8. The average Bonchev–Trinajstić information content (AvgIpc) is 2.35. The lowest BCUT2D eigenvalue weighted by Crippen LogP contribution is -2.45. The van der Waals surface area contributed by atoms with E-state index >= 15 is 0 Å². The summed E-state index contributed by atoms with van der Waals surface area (Å²) in [6.07, 6.45) is 0. The Kier molecular flexibility index (Phi) is 4.25. The molecule has 1 aromatic carbocycles. The summed E-state index contributed by atoms with van der Waals surface area (Å²) in [6, 6.07) is 4.24. The molecule has 1 amide bonds. The fraction of sp³-hybridized carbons (Fsp3) is 0.500. The molecule has 1 fully saturated rings. The van der Waals surface area contributed by atoms with Crippen LogP contribution in [0.2, 0.25) is 0 Å². The van der Waals surface area contributed by atoms with Crippen LogP contribution in [0, 0.1) is 5.82 Å². The van der Waals surface area contributed by atoms with Gasteiger partial charge in [-0.1, -0.05) is 0 Å². The van der Waals surface area contributed by atoms with Crippen LogP contribution in [0.25, 0.3) is 0 Å². The topological polar surface area (TPSA) is 59.6 Å². The summed E-state index contributed by atoms with van der Waals surface area (Å²) in [5.41, 5.74) is 0.854. The van der Waals surface area contributed by atoms with Gasteiger partial charge in [0, 0.05) is 12.6 Å². The summed E-state index contributed by atoms with van der Waals surface area (Å²) < 4.78 is 24.8. The van der Waals surface area contributed by atoms with Crippen LogP contribution >= 0.6 is 0 Å². The van der Waals surface area contributed by atoms with E-state index in [1.165, 1.54) is 19.1 Å². The maximum absolute atomic E-state index is 13.8. The lowest BCUT2D eigenvalue weighted by molar-refractivity contribution is -0.247. The molecule has 1 aliphatic heterocycles. The molecule has 0 unspecified atom stereocenters. The molecule has 2 rings (SSSR count). The number of anilines is 2. The van der Waals surface area contributed by atoms with Crippen molar-refractivity contribution in [3.63, 3.8) is 0 Å². The molecule has 1 aliphatic rings. The van der Waals surface area contributed by atoms with Crippen molar-refractivity contribution in [2.45, 2.75) is 32.6 Å². The van der Waals surface area contributed by atoms with Crippen molar-refractivity contribution in [3.05, 3.63) is 24.0 Å². The molecule has 110 valence electrons.